The lowest BCUT2D eigenvalue weighted by Gasteiger charge is -2.35. The topological polar surface area (TPSA) is 85.5 Å². The van der Waals surface area contributed by atoms with E-state index in [-0.39, 0.29) is 11.6 Å². The van der Waals surface area contributed by atoms with Gasteiger partial charge < -0.3 is 25.4 Å². The van der Waals surface area contributed by atoms with Crippen molar-refractivity contribution in [3.63, 3.8) is 0 Å². The molecule has 4 rings (SSSR count). The summed E-state index contributed by atoms with van der Waals surface area (Å²) in [5.41, 5.74) is 8.09. The maximum atomic E-state index is 13.7. The fraction of sp³-hybridized carbons (Fsp3) is 0.333. The average molecular weight is 472 g/mol. The Balaban J connectivity index is 1.63. The van der Waals surface area contributed by atoms with Gasteiger partial charge in [-0.3, -0.25) is 0 Å². The molecule has 33 heavy (non-hydrogen) atoms. The second-order valence-electron chi connectivity index (χ2n) is 8.02. The first-order valence-electron chi connectivity index (χ1n) is 10.8. The second kappa shape index (κ2) is 9.80. The number of nitrogen functional groups attached to an aromatic ring is 1. The van der Waals surface area contributed by atoms with Gasteiger partial charge in [-0.1, -0.05) is 11.6 Å². The van der Waals surface area contributed by atoms with Crippen molar-refractivity contribution in [2.75, 3.05) is 37.4 Å². The molecule has 0 aliphatic carbocycles. The molecular formula is C24H27ClFN5O2. The molecule has 0 spiro atoms. The highest BCUT2D eigenvalue weighted by Crippen LogP contribution is 2.37. The van der Waals surface area contributed by atoms with Gasteiger partial charge >= 0.3 is 0 Å². The number of hydrogen-bond acceptors (Lipinski definition) is 7. The SMILES string of the molecule is COc1cc(N2CCNC[C@@H]2C)ncc1-c1cnc(N)c(O[C@H](C)c2cc(F)ccc2Cl)c1. The van der Waals surface area contributed by atoms with Gasteiger partial charge in [0.05, 0.1) is 7.11 Å². The van der Waals surface area contributed by atoms with Crippen LogP contribution in [0.5, 0.6) is 11.5 Å². The molecule has 2 aromatic heterocycles. The van der Waals surface area contributed by atoms with Crippen LogP contribution in [0.1, 0.15) is 25.5 Å². The normalized spacial score (nSPS) is 17.0. The van der Waals surface area contributed by atoms with Crippen LogP contribution in [-0.4, -0.2) is 42.8 Å². The number of nitrogens with one attached hydrogen (secondary N) is 1. The zero-order valence-corrected chi connectivity index (χ0v) is 19.6. The van der Waals surface area contributed by atoms with Gasteiger partial charge in [0.2, 0.25) is 0 Å². The Kier molecular flexibility index (Phi) is 6.85. The van der Waals surface area contributed by atoms with E-state index in [1.807, 2.05) is 6.07 Å². The summed E-state index contributed by atoms with van der Waals surface area (Å²) in [6.45, 7) is 6.62. The summed E-state index contributed by atoms with van der Waals surface area (Å²) >= 11 is 6.23. The van der Waals surface area contributed by atoms with E-state index in [9.17, 15) is 4.39 Å². The van der Waals surface area contributed by atoms with Gasteiger partial charge in [0, 0.05) is 65.8 Å². The molecule has 0 saturated carbocycles. The molecule has 0 unspecified atom stereocenters. The lowest BCUT2D eigenvalue weighted by atomic mass is 10.1. The van der Waals surface area contributed by atoms with Gasteiger partial charge in [0.25, 0.3) is 0 Å². The van der Waals surface area contributed by atoms with E-state index in [1.165, 1.54) is 18.2 Å². The molecule has 3 N–H and O–H groups in total. The Bertz CT molecular complexity index is 1150. The van der Waals surface area contributed by atoms with Crippen LogP contribution in [0, 0.1) is 5.82 Å². The Morgan fingerprint density at radius 1 is 1.21 bits per heavy atom. The monoisotopic (exact) mass is 471 g/mol. The first kappa shape index (κ1) is 23.1. The number of benzene rings is 1. The molecule has 1 fully saturated rings. The summed E-state index contributed by atoms with van der Waals surface area (Å²) < 4.78 is 25.4. The number of halogens is 2. The number of methoxy groups -OCH3 is 1. The number of hydrogen-bond donors (Lipinski definition) is 2. The highest BCUT2D eigenvalue weighted by atomic mass is 35.5. The van der Waals surface area contributed by atoms with Gasteiger partial charge in [0.1, 0.15) is 23.5 Å². The maximum Gasteiger partial charge on any atom is 0.166 e. The number of anilines is 2. The Hall–Kier alpha value is -3.10. The fourth-order valence-electron chi connectivity index (χ4n) is 3.93. The van der Waals surface area contributed by atoms with Gasteiger partial charge in [-0.2, -0.15) is 0 Å². The number of ether oxygens (including phenoxy) is 2. The van der Waals surface area contributed by atoms with Crippen molar-refractivity contribution in [3.8, 4) is 22.6 Å². The third-order valence-electron chi connectivity index (χ3n) is 5.76. The molecule has 1 aromatic carbocycles. The van der Waals surface area contributed by atoms with E-state index < -0.39 is 6.10 Å². The molecule has 174 valence electrons. The summed E-state index contributed by atoms with van der Waals surface area (Å²) in [6.07, 6.45) is 2.88. The van der Waals surface area contributed by atoms with E-state index >= 15 is 0 Å². The van der Waals surface area contributed by atoms with Crippen molar-refractivity contribution in [1.82, 2.24) is 15.3 Å². The van der Waals surface area contributed by atoms with Crippen molar-refractivity contribution in [3.05, 3.63) is 59.1 Å². The van der Waals surface area contributed by atoms with Gasteiger partial charge in [0.15, 0.2) is 11.6 Å². The van der Waals surface area contributed by atoms with Crippen LogP contribution in [0.25, 0.3) is 11.1 Å². The zero-order valence-electron chi connectivity index (χ0n) is 18.8. The maximum absolute atomic E-state index is 13.7. The number of rotatable bonds is 6. The number of nitrogens with two attached hydrogens (primary N) is 1. The second-order valence-corrected chi connectivity index (χ2v) is 8.43. The van der Waals surface area contributed by atoms with Gasteiger partial charge in [-0.15, -0.1) is 0 Å². The third kappa shape index (κ3) is 4.96. The number of nitrogens with zero attached hydrogens (tertiary/aromatic N) is 3. The van der Waals surface area contributed by atoms with Crippen molar-refractivity contribution < 1.29 is 13.9 Å². The molecule has 3 heterocycles. The van der Waals surface area contributed by atoms with Crippen LogP contribution < -0.4 is 25.4 Å². The van der Waals surface area contributed by atoms with Crippen LogP contribution in [0.4, 0.5) is 16.0 Å². The van der Waals surface area contributed by atoms with Crippen molar-refractivity contribution in [1.29, 1.82) is 0 Å². The quantitative estimate of drug-likeness (QED) is 0.548. The summed E-state index contributed by atoms with van der Waals surface area (Å²) in [5, 5.41) is 3.79. The lowest BCUT2D eigenvalue weighted by Crippen LogP contribution is -2.50. The first-order chi connectivity index (χ1) is 15.9. The Labute approximate surface area is 197 Å². The average Bonchev–Trinajstić information content (AvgIpc) is 2.82. The van der Waals surface area contributed by atoms with E-state index in [0.717, 1.165) is 36.6 Å². The van der Waals surface area contributed by atoms with Crippen molar-refractivity contribution in [2.45, 2.75) is 26.0 Å². The molecule has 3 aromatic rings. The third-order valence-corrected chi connectivity index (χ3v) is 6.10. The molecule has 1 saturated heterocycles. The van der Waals surface area contributed by atoms with E-state index in [1.54, 1.807) is 32.5 Å². The fourth-order valence-corrected chi connectivity index (χ4v) is 4.20. The highest BCUT2D eigenvalue weighted by molar-refractivity contribution is 6.31. The molecule has 9 heteroatoms. The molecular weight excluding hydrogens is 445 g/mol. The van der Waals surface area contributed by atoms with Crippen LogP contribution in [0.3, 0.4) is 0 Å². The Morgan fingerprint density at radius 3 is 2.79 bits per heavy atom. The standard InChI is InChI=1S/C24H27ClFN5O2/c1-14-11-28-6-7-31(14)23-10-21(32-3)19(13-29-23)16-8-22(24(27)30-12-16)33-15(2)18-9-17(26)4-5-20(18)25/h4-5,8-10,12-15,28H,6-7,11H2,1-3H3,(H2,27,30)/t14-,15+/m0/s1. The van der Waals surface area contributed by atoms with E-state index in [2.05, 4.69) is 27.1 Å². The number of pyridine rings is 2. The van der Waals surface area contributed by atoms with Crippen LogP contribution in [0.15, 0.2) is 42.7 Å². The molecule has 0 radical (unpaired) electrons. The summed E-state index contributed by atoms with van der Waals surface area (Å²) in [7, 11) is 1.62. The first-order valence-corrected chi connectivity index (χ1v) is 11.1. The summed E-state index contributed by atoms with van der Waals surface area (Å²) in [4.78, 5) is 11.2. The van der Waals surface area contributed by atoms with E-state index in [4.69, 9.17) is 26.8 Å². The van der Waals surface area contributed by atoms with Gasteiger partial charge in [-0.05, 0) is 38.1 Å². The predicted octanol–water partition coefficient (Wildman–Crippen LogP) is 4.47. The largest absolute Gasteiger partial charge is 0.496 e. The predicted molar refractivity (Wildman–Crippen MR) is 129 cm³/mol. The number of piperazine rings is 1. The lowest BCUT2D eigenvalue weighted by molar-refractivity contribution is 0.227. The number of aromatic nitrogens is 2. The van der Waals surface area contributed by atoms with Crippen molar-refractivity contribution >= 4 is 23.2 Å². The molecule has 1 aliphatic heterocycles. The van der Waals surface area contributed by atoms with Crippen LogP contribution in [0.2, 0.25) is 5.02 Å². The zero-order chi connectivity index (χ0) is 23.5. The molecule has 1 aliphatic rings. The summed E-state index contributed by atoms with van der Waals surface area (Å²) in [5.74, 6) is 1.72. The molecule has 0 bridgehead atoms. The minimum Gasteiger partial charge on any atom is -0.496 e. The van der Waals surface area contributed by atoms with Gasteiger partial charge in [-0.25, -0.2) is 14.4 Å². The smallest absolute Gasteiger partial charge is 0.166 e. The Morgan fingerprint density at radius 2 is 2.03 bits per heavy atom. The van der Waals surface area contributed by atoms with E-state index in [0.29, 0.717) is 28.1 Å². The molecule has 7 nitrogen and oxygen atoms in total. The van der Waals surface area contributed by atoms with Crippen molar-refractivity contribution in [2.24, 2.45) is 0 Å². The van der Waals surface area contributed by atoms with Crippen LogP contribution in [-0.2, 0) is 0 Å². The minimum absolute atomic E-state index is 0.219. The summed E-state index contributed by atoms with van der Waals surface area (Å²) in [6, 6.07) is 8.20. The highest BCUT2D eigenvalue weighted by Gasteiger charge is 2.21. The van der Waals surface area contributed by atoms with Crippen LogP contribution >= 0.6 is 11.6 Å². The molecule has 2 atom stereocenters. The minimum atomic E-state index is -0.538. The molecule has 0 amide bonds.